The average molecular weight is 181 g/mol. The van der Waals surface area contributed by atoms with E-state index in [0.29, 0.717) is 17.0 Å². The number of hydrogen-bond acceptors (Lipinski definition) is 4. The van der Waals surface area contributed by atoms with E-state index in [1.54, 1.807) is 13.8 Å². The molecular formula is C8H11N3O2. The molecule has 0 bridgehead atoms. The Balaban J connectivity index is 3.31. The number of carbonyl (C=O) groups excluding carboxylic acids is 1. The maximum Gasteiger partial charge on any atom is 0.316 e. The SMILES string of the molecule is COc1nc(C)c(C(N)=O)c(C)n1. The molecule has 0 saturated heterocycles. The molecule has 0 radical (unpaired) electrons. The van der Waals surface area contributed by atoms with Crippen molar-refractivity contribution in [1.29, 1.82) is 0 Å². The monoisotopic (exact) mass is 181 g/mol. The van der Waals surface area contributed by atoms with Crippen LogP contribution in [0.5, 0.6) is 6.01 Å². The normalized spacial score (nSPS) is 9.77. The molecule has 0 aromatic carbocycles. The van der Waals surface area contributed by atoms with Gasteiger partial charge in [-0.15, -0.1) is 0 Å². The van der Waals surface area contributed by atoms with Gasteiger partial charge >= 0.3 is 6.01 Å². The molecule has 0 unspecified atom stereocenters. The fourth-order valence-electron chi connectivity index (χ4n) is 1.13. The molecule has 0 saturated carbocycles. The second-order valence-corrected chi connectivity index (χ2v) is 2.62. The Morgan fingerprint density at radius 1 is 1.31 bits per heavy atom. The summed E-state index contributed by atoms with van der Waals surface area (Å²) < 4.78 is 4.84. The van der Waals surface area contributed by atoms with E-state index >= 15 is 0 Å². The molecule has 1 aromatic heterocycles. The van der Waals surface area contributed by atoms with E-state index in [0.717, 1.165) is 0 Å². The lowest BCUT2D eigenvalue weighted by molar-refractivity contribution is 0.0998. The molecule has 0 aliphatic rings. The van der Waals surface area contributed by atoms with Gasteiger partial charge in [-0.05, 0) is 13.8 Å². The molecule has 70 valence electrons. The number of hydrogen-bond donors (Lipinski definition) is 1. The van der Waals surface area contributed by atoms with Crippen LogP contribution in [0.15, 0.2) is 0 Å². The van der Waals surface area contributed by atoms with Crippen LogP contribution in [0.4, 0.5) is 0 Å². The number of aryl methyl sites for hydroxylation is 2. The van der Waals surface area contributed by atoms with E-state index in [-0.39, 0.29) is 6.01 Å². The third-order valence-corrected chi connectivity index (χ3v) is 1.68. The minimum Gasteiger partial charge on any atom is -0.467 e. The summed E-state index contributed by atoms with van der Waals surface area (Å²) in [5.74, 6) is -0.516. The lowest BCUT2D eigenvalue weighted by Crippen LogP contribution is -2.16. The molecule has 0 fully saturated rings. The number of nitrogens with zero attached hydrogens (tertiary/aromatic N) is 2. The third kappa shape index (κ3) is 1.74. The Hall–Kier alpha value is -1.65. The van der Waals surface area contributed by atoms with Gasteiger partial charge in [-0.2, -0.15) is 9.97 Å². The van der Waals surface area contributed by atoms with Crippen LogP contribution < -0.4 is 10.5 Å². The number of amides is 1. The molecule has 5 nitrogen and oxygen atoms in total. The van der Waals surface area contributed by atoms with Crippen LogP contribution in [0.3, 0.4) is 0 Å². The quantitative estimate of drug-likeness (QED) is 0.707. The van der Waals surface area contributed by atoms with Crippen LogP contribution in [0.1, 0.15) is 21.7 Å². The van der Waals surface area contributed by atoms with Crippen LogP contribution in [-0.2, 0) is 0 Å². The Morgan fingerprint density at radius 3 is 2.08 bits per heavy atom. The standard InChI is InChI=1S/C8H11N3O2/c1-4-6(7(9)12)5(2)11-8(10-4)13-3/h1-3H3,(H2,9,12). The summed E-state index contributed by atoms with van der Waals surface area (Å²) in [4.78, 5) is 18.8. The second kappa shape index (κ2) is 3.38. The van der Waals surface area contributed by atoms with E-state index in [1.807, 2.05) is 0 Å². The molecule has 2 N–H and O–H groups in total. The van der Waals surface area contributed by atoms with Crippen molar-refractivity contribution in [2.24, 2.45) is 5.73 Å². The van der Waals surface area contributed by atoms with Gasteiger partial charge in [0.1, 0.15) is 0 Å². The maximum atomic E-state index is 10.9. The summed E-state index contributed by atoms with van der Waals surface area (Å²) in [6.45, 7) is 3.38. The van der Waals surface area contributed by atoms with E-state index in [1.165, 1.54) is 7.11 Å². The van der Waals surface area contributed by atoms with Crippen molar-refractivity contribution in [3.05, 3.63) is 17.0 Å². The number of primary amides is 1. The molecular weight excluding hydrogens is 170 g/mol. The van der Waals surface area contributed by atoms with Crippen LogP contribution in [0, 0.1) is 13.8 Å². The smallest absolute Gasteiger partial charge is 0.316 e. The summed E-state index contributed by atoms with van der Waals surface area (Å²) >= 11 is 0. The number of aromatic nitrogens is 2. The Morgan fingerprint density at radius 2 is 1.77 bits per heavy atom. The highest BCUT2D eigenvalue weighted by molar-refractivity contribution is 5.94. The first-order valence-corrected chi connectivity index (χ1v) is 3.75. The lowest BCUT2D eigenvalue weighted by atomic mass is 10.1. The molecule has 1 amide bonds. The van der Waals surface area contributed by atoms with Crippen molar-refractivity contribution in [1.82, 2.24) is 9.97 Å². The molecule has 0 aliphatic heterocycles. The number of ether oxygens (including phenoxy) is 1. The lowest BCUT2D eigenvalue weighted by Gasteiger charge is -2.05. The van der Waals surface area contributed by atoms with Crippen molar-refractivity contribution in [3.63, 3.8) is 0 Å². The van der Waals surface area contributed by atoms with Gasteiger partial charge in [0.15, 0.2) is 0 Å². The largest absolute Gasteiger partial charge is 0.467 e. The molecule has 1 rings (SSSR count). The summed E-state index contributed by atoms with van der Waals surface area (Å²) in [7, 11) is 1.47. The number of carbonyl (C=O) groups is 1. The number of methoxy groups -OCH3 is 1. The van der Waals surface area contributed by atoms with Gasteiger partial charge in [0, 0.05) is 0 Å². The fraction of sp³-hybridized carbons (Fsp3) is 0.375. The van der Waals surface area contributed by atoms with Crippen molar-refractivity contribution >= 4 is 5.91 Å². The van der Waals surface area contributed by atoms with Crippen LogP contribution in [0.2, 0.25) is 0 Å². The van der Waals surface area contributed by atoms with Gasteiger partial charge in [-0.1, -0.05) is 0 Å². The summed E-state index contributed by atoms with van der Waals surface area (Å²) in [6, 6.07) is 0.250. The molecule has 0 aliphatic carbocycles. The predicted molar refractivity (Wildman–Crippen MR) is 46.6 cm³/mol. The van der Waals surface area contributed by atoms with E-state index in [9.17, 15) is 4.79 Å². The van der Waals surface area contributed by atoms with E-state index < -0.39 is 5.91 Å². The Bertz CT molecular complexity index is 326. The minimum absolute atomic E-state index is 0.250. The maximum absolute atomic E-state index is 10.9. The zero-order chi connectivity index (χ0) is 10.0. The van der Waals surface area contributed by atoms with Gasteiger partial charge in [0.25, 0.3) is 5.91 Å². The van der Waals surface area contributed by atoms with Crippen molar-refractivity contribution in [2.75, 3.05) is 7.11 Å². The van der Waals surface area contributed by atoms with Crippen molar-refractivity contribution in [3.8, 4) is 6.01 Å². The number of nitrogens with two attached hydrogens (primary N) is 1. The van der Waals surface area contributed by atoms with Crippen molar-refractivity contribution < 1.29 is 9.53 Å². The van der Waals surface area contributed by atoms with E-state index in [4.69, 9.17) is 10.5 Å². The molecule has 5 heteroatoms. The molecule has 1 aromatic rings. The average Bonchev–Trinajstić information content (AvgIpc) is 2.02. The summed E-state index contributed by atoms with van der Waals surface area (Å²) in [6.07, 6.45) is 0. The van der Waals surface area contributed by atoms with Gasteiger partial charge in [-0.25, -0.2) is 0 Å². The first-order chi connectivity index (χ1) is 6.06. The summed E-state index contributed by atoms with van der Waals surface area (Å²) in [5.41, 5.74) is 6.59. The van der Waals surface area contributed by atoms with Gasteiger partial charge in [0.05, 0.1) is 24.1 Å². The van der Waals surface area contributed by atoms with Crippen LogP contribution in [0.25, 0.3) is 0 Å². The fourth-order valence-corrected chi connectivity index (χ4v) is 1.13. The second-order valence-electron chi connectivity index (χ2n) is 2.62. The topological polar surface area (TPSA) is 78.1 Å². The first kappa shape index (κ1) is 9.44. The Kier molecular flexibility index (Phi) is 2.46. The highest BCUT2D eigenvalue weighted by atomic mass is 16.5. The summed E-state index contributed by atoms with van der Waals surface area (Å²) in [5, 5.41) is 0. The predicted octanol–water partition coefficient (Wildman–Crippen LogP) is 0.201. The van der Waals surface area contributed by atoms with Gasteiger partial charge < -0.3 is 10.5 Å². The highest BCUT2D eigenvalue weighted by Crippen LogP contribution is 2.12. The molecule has 0 atom stereocenters. The van der Waals surface area contributed by atoms with Crippen LogP contribution >= 0.6 is 0 Å². The van der Waals surface area contributed by atoms with Gasteiger partial charge in [-0.3, -0.25) is 4.79 Å². The zero-order valence-corrected chi connectivity index (χ0v) is 7.79. The molecule has 1 heterocycles. The zero-order valence-electron chi connectivity index (χ0n) is 7.79. The van der Waals surface area contributed by atoms with Crippen LogP contribution in [-0.4, -0.2) is 23.0 Å². The molecule has 13 heavy (non-hydrogen) atoms. The van der Waals surface area contributed by atoms with Crippen molar-refractivity contribution in [2.45, 2.75) is 13.8 Å². The van der Waals surface area contributed by atoms with Gasteiger partial charge in [0.2, 0.25) is 0 Å². The van der Waals surface area contributed by atoms with E-state index in [2.05, 4.69) is 9.97 Å². The first-order valence-electron chi connectivity index (χ1n) is 3.75. The Labute approximate surface area is 75.9 Å². The molecule has 0 spiro atoms. The number of rotatable bonds is 2. The third-order valence-electron chi connectivity index (χ3n) is 1.68. The highest BCUT2D eigenvalue weighted by Gasteiger charge is 2.12. The minimum atomic E-state index is -0.516.